The number of amides is 1. The number of primary amides is 1. The highest BCUT2D eigenvalue weighted by atomic mass is 32.2. The minimum absolute atomic E-state index is 0.0770. The van der Waals surface area contributed by atoms with Gasteiger partial charge in [0.2, 0.25) is 5.91 Å². The Morgan fingerprint density at radius 1 is 0.808 bits per heavy atom. The fourth-order valence-corrected chi connectivity index (χ4v) is 5.02. The van der Waals surface area contributed by atoms with Gasteiger partial charge in [-0.1, -0.05) is 97.9 Å². The van der Waals surface area contributed by atoms with Crippen LogP contribution in [-0.2, 0) is 9.54 Å². The summed E-state index contributed by atoms with van der Waals surface area (Å²) < 4.78 is -0.404. The zero-order valence-electron chi connectivity index (χ0n) is 14.8. The molecule has 1 amide bonds. The third kappa shape index (κ3) is 3.83. The van der Waals surface area contributed by atoms with Crippen LogP contribution in [-0.4, -0.2) is 11.2 Å². The molecule has 26 heavy (non-hydrogen) atoms. The van der Waals surface area contributed by atoms with E-state index < -0.39 is 4.75 Å². The second kappa shape index (κ2) is 8.24. The molecule has 0 bridgehead atoms. The number of carbonyl (C=O) groups is 1. The molecule has 0 aliphatic carbocycles. The second-order valence-corrected chi connectivity index (χ2v) is 8.03. The van der Waals surface area contributed by atoms with E-state index in [1.165, 1.54) is 16.7 Å². The highest BCUT2D eigenvalue weighted by Gasteiger charge is 2.38. The van der Waals surface area contributed by atoms with Crippen LogP contribution in [0.3, 0.4) is 0 Å². The van der Waals surface area contributed by atoms with Crippen LogP contribution in [0.5, 0.6) is 0 Å². The van der Waals surface area contributed by atoms with Crippen molar-refractivity contribution >= 4 is 17.7 Å². The predicted octanol–water partition coefficient (Wildman–Crippen LogP) is 4.98. The predicted molar refractivity (Wildman–Crippen MR) is 110 cm³/mol. The average Bonchev–Trinajstić information content (AvgIpc) is 2.67. The lowest BCUT2D eigenvalue weighted by atomic mass is 9.84. The Morgan fingerprint density at radius 3 is 1.46 bits per heavy atom. The standard InChI is InChI=1S/C23H23NOS/c1-18(17-22(24)25)26-23(19-11-5-2-6-12-19,20-13-7-3-8-14-20)21-15-9-4-10-16-21/h2-16,18H,17H2,1H3,(H2,24,25). The Labute approximate surface area is 159 Å². The molecular formula is C23H23NOS. The van der Waals surface area contributed by atoms with E-state index in [4.69, 9.17) is 5.73 Å². The molecule has 1 atom stereocenters. The molecule has 3 heteroatoms. The van der Waals surface area contributed by atoms with Gasteiger partial charge in [-0.25, -0.2) is 0 Å². The molecule has 3 rings (SSSR count). The highest BCUT2D eigenvalue weighted by molar-refractivity contribution is 8.01. The smallest absolute Gasteiger partial charge is 0.218 e. The number of rotatable bonds is 7. The molecule has 3 aromatic rings. The van der Waals surface area contributed by atoms with Crippen LogP contribution >= 0.6 is 11.8 Å². The third-order valence-corrected chi connectivity index (χ3v) is 6.04. The van der Waals surface area contributed by atoms with E-state index in [-0.39, 0.29) is 11.2 Å². The summed E-state index contributed by atoms with van der Waals surface area (Å²) in [4.78, 5) is 11.5. The van der Waals surface area contributed by atoms with Gasteiger partial charge in [0.05, 0.1) is 4.75 Å². The average molecular weight is 362 g/mol. The van der Waals surface area contributed by atoms with E-state index in [0.717, 1.165) is 0 Å². The molecule has 2 N–H and O–H groups in total. The van der Waals surface area contributed by atoms with Gasteiger partial charge in [-0.2, -0.15) is 0 Å². The Hall–Kier alpha value is -2.52. The van der Waals surface area contributed by atoms with Gasteiger partial charge in [-0.3, -0.25) is 4.79 Å². The van der Waals surface area contributed by atoms with Crippen LogP contribution in [0.15, 0.2) is 91.0 Å². The molecule has 0 saturated heterocycles. The molecule has 0 spiro atoms. The summed E-state index contributed by atoms with van der Waals surface area (Å²) in [5.41, 5.74) is 9.06. The maximum absolute atomic E-state index is 11.5. The van der Waals surface area contributed by atoms with Crippen molar-refractivity contribution in [1.29, 1.82) is 0 Å². The first-order valence-electron chi connectivity index (χ1n) is 8.75. The lowest BCUT2D eigenvalue weighted by molar-refractivity contribution is -0.117. The SMILES string of the molecule is CC(CC(N)=O)SC(c1ccccc1)(c1ccccc1)c1ccccc1. The number of nitrogens with two attached hydrogens (primary N) is 1. The zero-order valence-corrected chi connectivity index (χ0v) is 15.7. The second-order valence-electron chi connectivity index (χ2n) is 6.38. The molecule has 132 valence electrons. The Morgan fingerprint density at radius 2 is 1.15 bits per heavy atom. The summed E-state index contributed by atoms with van der Waals surface area (Å²) >= 11 is 1.78. The van der Waals surface area contributed by atoms with Gasteiger partial charge in [-0.15, -0.1) is 11.8 Å². The normalized spacial score (nSPS) is 12.5. The van der Waals surface area contributed by atoms with Crippen LogP contribution in [0.25, 0.3) is 0 Å². The lowest BCUT2D eigenvalue weighted by Gasteiger charge is -2.37. The Balaban J connectivity index is 2.23. The van der Waals surface area contributed by atoms with Crippen molar-refractivity contribution in [1.82, 2.24) is 0 Å². The van der Waals surface area contributed by atoms with Gasteiger partial charge in [0.15, 0.2) is 0 Å². The molecule has 0 radical (unpaired) electrons. The van der Waals surface area contributed by atoms with Crippen LogP contribution in [0.2, 0.25) is 0 Å². The van der Waals surface area contributed by atoms with Gasteiger partial charge < -0.3 is 5.73 Å². The molecule has 0 saturated carbocycles. The molecule has 0 aliphatic rings. The molecule has 2 nitrogen and oxygen atoms in total. The van der Waals surface area contributed by atoms with Crippen LogP contribution < -0.4 is 5.73 Å². The first-order chi connectivity index (χ1) is 12.6. The molecule has 0 aromatic heterocycles. The van der Waals surface area contributed by atoms with E-state index in [1.54, 1.807) is 11.8 Å². The number of hydrogen-bond donors (Lipinski definition) is 1. The van der Waals surface area contributed by atoms with Gasteiger partial charge in [0.1, 0.15) is 0 Å². The van der Waals surface area contributed by atoms with E-state index in [2.05, 4.69) is 79.7 Å². The Kier molecular flexibility index (Phi) is 5.79. The largest absolute Gasteiger partial charge is 0.370 e. The van der Waals surface area contributed by atoms with E-state index in [1.807, 2.05) is 18.2 Å². The zero-order chi connectivity index (χ0) is 18.4. The number of carbonyl (C=O) groups excluding carboxylic acids is 1. The van der Waals surface area contributed by atoms with Gasteiger partial charge in [0, 0.05) is 11.7 Å². The van der Waals surface area contributed by atoms with Gasteiger partial charge in [0.25, 0.3) is 0 Å². The third-order valence-electron chi connectivity index (χ3n) is 4.41. The van der Waals surface area contributed by atoms with Crippen LogP contribution in [0.4, 0.5) is 0 Å². The fraction of sp³-hybridized carbons (Fsp3) is 0.174. The topological polar surface area (TPSA) is 43.1 Å². The van der Waals surface area contributed by atoms with Gasteiger partial charge in [-0.05, 0) is 16.7 Å². The molecule has 0 fully saturated rings. The summed E-state index contributed by atoms with van der Waals surface area (Å²) in [7, 11) is 0. The molecule has 3 aromatic carbocycles. The summed E-state index contributed by atoms with van der Waals surface area (Å²) in [6, 6.07) is 31.4. The van der Waals surface area contributed by atoms with Crippen LogP contribution in [0.1, 0.15) is 30.0 Å². The highest BCUT2D eigenvalue weighted by Crippen LogP contribution is 2.50. The lowest BCUT2D eigenvalue weighted by Crippen LogP contribution is -2.29. The summed E-state index contributed by atoms with van der Waals surface area (Å²) in [5, 5.41) is 0.0770. The molecular weight excluding hydrogens is 338 g/mol. The maximum atomic E-state index is 11.5. The first-order valence-corrected chi connectivity index (χ1v) is 9.63. The molecule has 0 heterocycles. The van der Waals surface area contributed by atoms with E-state index in [9.17, 15) is 4.79 Å². The summed E-state index contributed by atoms with van der Waals surface area (Å²) in [5.74, 6) is -0.270. The van der Waals surface area contributed by atoms with Crippen molar-refractivity contribution in [2.45, 2.75) is 23.3 Å². The summed E-state index contributed by atoms with van der Waals surface area (Å²) in [6.45, 7) is 2.07. The molecule has 0 aliphatic heterocycles. The Bertz CT molecular complexity index is 737. The van der Waals surface area contributed by atoms with Crippen molar-refractivity contribution in [2.75, 3.05) is 0 Å². The maximum Gasteiger partial charge on any atom is 0.218 e. The fourth-order valence-electron chi connectivity index (χ4n) is 3.35. The number of benzene rings is 3. The van der Waals surface area contributed by atoms with Crippen molar-refractivity contribution in [3.8, 4) is 0 Å². The monoisotopic (exact) mass is 361 g/mol. The first kappa shape index (κ1) is 18.3. The van der Waals surface area contributed by atoms with Crippen LogP contribution in [0, 0.1) is 0 Å². The van der Waals surface area contributed by atoms with Crippen molar-refractivity contribution < 1.29 is 4.79 Å². The minimum atomic E-state index is -0.404. The quantitative estimate of drug-likeness (QED) is 0.603. The van der Waals surface area contributed by atoms with E-state index >= 15 is 0 Å². The number of thioether (sulfide) groups is 1. The van der Waals surface area contributed by atoms with E-state index in [0.29, 0.717) is 6.42 Å². The summed E-state index contributed by atoms with van der Waals surface area (Å²) in [6.07, 6.45) is 0.346. The van der Waals surface area contributed by atoms with Crippen molar-refractivity contribution in [3.63, 3.8) is 0 Å². The minimum Gasteiger partial charge on any atom is -0.370 e. The van der Waals surface area contributed by atoms with Gasteiger partial charge >= 0.3 is 0 Å². The number of hydrogen-bond acceptors (Lipinski definition) is 2. The van der Waals surface area contributed by atoms with Crippen molar-refractivity contribution in [2.24, 2.45) is 5.73 Å². The molecule has 1 unspecified atom stereocenters. The van der Waals surface area contributed by atoms with Crippen molar-refractivity contribution in [3.05, 3.63) is 108 Å².